The Bertz CT molecular complexity index is 950. The molecule has 1 saturated heterocycles. The summed E-state index contributed by atoms with van der Waals surface area (Å²) in [5.41, 5.74) is 0.432. The van der Waals surface area contributed by atoms with Crippen LogP contribution in [0.2, 0.25) is 0 Å². The number of fused-ring (bicyclic) bond motifs is 2. The van der Waals surface area contributed by atoms with Gasteiger partial charge in [-0.15, -0.1) is 0 Å². The summed E-state index contributed by atoms with van der Waals surface area (Å²) in [5.74, 6) is 0.186. The number of unbranched alkanes of at least 4 members (excludes halogenated alkanes) is 2. The molecule has 2 aliphatic rings. The topological polar surface area (TPSA) is 115 Å². The zero-order chi connectivity index (χ0) is 26.1. The zero-order valence-corrected chi connectivity index (χ0v) is 21.1. The number of nitrogens with zero attached hydrogens (tertiary/aromatic N) is 2. The zero-order valence-electron chi connectivity index (χ0n) is 21.1. The molecule has 1 aromatic rings. The molecule has 198 valence electrons. The minimum atomic E-state index is -1.28. The van der Waals surface area contributed by atoms with Crippen molar-refractivity contribution < 1.29 is 38.4 Å². The van der Waals surface area contributed by atoms with Gasteiger partial charge in [-0.05, 0) is 51.5 Å². The number of carbonyl (C=O) groups is 3. The van der Waals surface area contributed by atoms with E-state index < -0.39 is 18.4 Å². The van der Waals surface area contributed by atoms with Crippen molar-refractivity contribution in [2.24, 2.45) is 0 Å². The second-order valence-electron chi connectivity index (χ2n) is 8.70. The number of amides is 2. The van der Waals surface area contributed by atoms with Crippen LogP contribution in [0, 0.1) is 0 Å². The minimum Gasteiger partial charge on any atom is -0.493 e. The molecule has 2 atom stereocenters. The van der Waals surface area contributed by atoms with Gasteiger partial charge in [0, 0.05) is 19.0 Å². The molecule has 0 aliphatic carbocycles. The Labute approximate surface area is 211 Å². The average Bonchev–Trinajstić information content (AvgIpc) is 2.97. The van der Waals surface area contributed by atoms with Crippen LogP contribution in [-0.4, -0.2) is 73.7 Å². The fraction of sp³-hybridized carbons (Fsp3) is 0.577. The number of aliphatic hydroxyl groups excluding tert-OH is 1. The van der Waals surface area contributed by atoms with E-state index in [1.54, 1.807) is 24.0 Å². The summed E-state index contributed by atoms with van der Waals surface area (Å²) in [5, 5.41) is 11.2. The Morgan fingerprint density at radius 2 is 1.97 bits per heavy atom. The van der Waals surface area contributed by atoms with Gasteiger partial charge in [0.05, 0.1) is 37.6 Å². The highest BCUT2D eigenvalue weighted by molar-refractivity contribution is 6.05. The van der Waals surface area contributed by atoms with Gasteiger partial charge < -0.3 is 29.0 Å². The van der Waals surface area contributed by atoms with Crippen LogP contribution in [0.25, 0.3) is 0 Å². The molecule has 0 aromatic heterocycles. The number of rotatable bonds is 11. The fourth-order valence-corrected chi connectivity index (χ4v) is 4.55. The van der Waals surface area contributed by atoms with Gasteiger partial charge in [0.15, 0.2) is 17.7 Å². The highest BCUT2D eigenvalue weighted by atomic mass is 16.6. The number of piperidine rings is 1. The van der Waals surface area contributed by atoms with Gasteiger partial charge in [-0.1, -0.05) is 12.7 Å². The number of benzene rings is 1. The lowest BCUT2D eigenvalue weighted by Gasteiger charge is -2.38. The predicted octanol–water partition coefficient (Wildman–Crippen LogP) is 3.65. The third-order valence-corrected chi connectivity index (χ3v) is 6.30. The average molecular weight is 505 g/mol. The molecule has 10 nitrogen and oxygen atoms in total. The molecule has 3 rings (SSSR count). The molecule has 10 heteroatoms. The molecule has 0 unspecified atom stereocenters. The maximum Gasteiger partial charge on any atom is 0.416 e. The third kappa shape index (κ3) is 6.29. The monoisotopic (exact) mass is 504 g/mol. The molecule has 0 spiro atoms. The first-order valence-electron chi connectivity index (χ1n) is 12.5. The van der Waals surface area contributed by atoms with Crippen LogP contribution in [0.4, 0.5) is 10.5 Å². The summed E-state index contributed by atoms with van der Waals surface area (Å²) < 4.78 is 21.6. The van der Waals surface area contributed by atoms with Gasteiger partial charge in [0.1, 0.15) is 6.61 Å². The van der Waals surface area contributed by atoms with Crippen molar-refractivity contribution in [1.82, 2.24) is 4.90 Å². The number of esters is 1. The molecule has 1 N–H and O–H groups in total. The SMILES string of the molecule is C=CCOC(=O)N1c2cc(OCCCCCC(=O)OCC)c(OC)cc2C(=O)N2CCCC[C@H]2[C@@H]1O. The molecule has 36 heavy (non-hydrogen) atoms. The van der Waals surface area contributed by atoms with Crippen LogP contribution < -0.4 is 14.4 Å². The molecule has 2 amide bonds. The Morgan fingerprint density at radius 3 is 2.69 bits per heavy atom. The van der Waals surface area contributed by atoms with Gasteiger partial charge >= 0.3 is 12.1 Å². The molecule has 1 aromatic carbocycles. The number of hydrogen-bond donors (Lipinski definition) is 1. The molecule has 0 radical (unpaired) electrons. The van der Waals surface area contributed by atoms with Crippen molar-refractivity contribution >= 4 is 23.7 Å². The first kappa shape index (κ1) is 27.3. The van der Waals surface area contributed by atoms with Crippen LogP contribution in [0.3, 0.4) is 0 Å². The van der Waals surface area contributed by atoms with Crippen LogP contribution in [0.5, 0.6) is 11.5 Å². The number of anilines is 1. The second-order valence-corrected chi connectivity index (χ2v) is 8.70. The van der Waals surface area contributed by atoms with Crippen molar-refractivity contribution in [3.63, 3.8) is 0 Å². The first-order chi connectivity index (χ1) is 17.4. The number of carbonyl (C=O) groups excluding carboxylic acids is 3. The third-order valence-electron chi connectivity index (χ3n) is 6.30. The van der Waals surface area contributed by atoms with Crippen molar-refractivity contribution in [3.8, 4) is 11.5 Å². The van der Waals surface area contributed by atoms with Gasteiger partial charge in [0.25, 0.3) is 5.91 Å². The highest BCUT2D eigenvalue weighted by Gasteiger charge is 2.44. The molecular formula is C26H36N2O8. The van der Waals surface area contributed by atoms with E-state index in [0.717, 1.165) is 24.2 Å². The van der Waals surface area contributed by atoms with E-state index in [0.29, 0.717) is 56.9 Å². The van der Waals surface area contributed by atoms with E-state index in [4.69, 9.17) is 18.9 Å². The standard InChI is InChI=1S/C26H36N2O8/c1-4-14-36-26(32)28-20-17-22(35-15-10-6-7-12-23(29)34-5-2)21(33-3)16-18(20)24(30)27-13-9-8-11-19(27)25(28)31/h4,16-17,19,25,31H,1,5-15H2,2-3H3/t19-,25-/m0/s1. The number of aliphatic hydroxyl groups is 1. The molecule has 0 saturated carbocycles. The Kier molecular flexibility index (Phi) is 9.98. The lowest BCUT2D eigenvalue weighted by molar-refractivity contribution is -0.143. The van der Waals surface area contributed by atoms with Crippen LogP contribution in [-0.2, 0) is 14.3 Å². The summed E-state index contributed by atoms with van der Waals surface area (Å²) in [7, 11) is 1.48. The van der Waals surface area contributed by atoms with Crippen LogP contribution in [0.1, 0.15) is 62.2 Å². The maximum absolute atomic E-state index is 13.5. The Hall–Kier alpha value is -3.27. The van der Waals surface area contributed by atoms with E-state index in [9.17, 15) is 19.5 Å². The quantitative estimate of drug-likeness (QED) is 0.276. The van der Waals surface area contributed by atoms with Crippen molar-refractivity contribution in [1.29, 1.82) is 0 Å². The van der Waals surface area contributed by atoms with Gasteiger partial charge in [-0.25, -0.2) is 9.69 Å². The largest absolute Gasteiger partial charge is 0.493 e. The van der Waals surface area contributed by atoms with E-state index in [1.807, 2.05) is 0 Å². The molecular weight excluding hydrogens is 468 g/mol. The summed E-state index contributed by atoms with van der Waals surface area (Å²) >= 11 is 0. The Balaban J connectivity index is 1.84. The summed E-state index contributed by atoms with van der Waals surface area (Å²) in [6, 6.07) is 2.54. The number of methoxy groups -OCH3 is 1. The van der Waals surface area contributed by atoms with Crippen molar-refractivity contribution in [2.45, 2.75) is 64.1 Å². The van der Waals surface area contributed by atoms with Crippen LogP contribution in [0.15, 0.2) is 24.8 Å². The highest BCUT2D eigenvalue weighted by Crippen LogP contribution is 2.41. The van der Waals surface area contributed by atoms with E-state index >= 15 is 0 Å². The van der Waals surface area contributed by atoms with Gasteiger partial charge in [-0.3, -0.25) is 9.59 Å². The summed E-state index contributed by atoms with van der Waals surface area (Å²) in [6.45, 7) is 6.50. The summed E-state index contributed by atoms with van der Waals surface area (Å²) in [4.78, 5) is 40.7. The fourth-order valence-electron chi connectivity index (χ4n) is 4.55. The predicted molar refractivity (Wildman–Crippen MR) is 132 cm³/mol. The smallest absolute Gasteiger partial charge is 0.416 e. The number of hydrogen-bond acceptors (Lipinski definition) is 8. The van der Waals surface area contributed by atoms with Gasteiger partial charge in [0.2, 0.25) is 0 Å². The summed E-state index contributed by atoms with van der Waals surface area (Å²) in [6.07, 6.45) is 4.09. The number of ether oxygens (including phenoxy) is 4. The lowest BCUT2D eigenvalue weighted by Crippen LogP contribution is -2.55. The Morgan fingerprint density at radius 1 is 1.17 bits per heavy atom. The van der Waals surface area contributed by atoms with Crippen molar-refractivity contribution in [3.05, 3.63) is 30.4 Å². The van der Waals surface area contributed by atoms with Crippen molar-refractivity contribution in [2.75, 3.05) is 38.4 Å². The van der Waals surface area contributed by atoms with Crippen LogP contribution >= 0.6 is 0 Å². The molecule has 2 heterocycles. The van der Waals surface area contributed by atoms with E-state index in [1.165, 1.54) is 13.2 Å². The normalized spacial score (nSPS) is 19.0. The molecule has 1 fully saturated rings. The maximum atomic E-state index is 13.5. The molecule has 2 aliphatic heterocycles. The van der Waals surface area contributed by atoms with E-state index in [-0.39, 0.29) is 29.7 Å². The lowest BCUT2D eigenvalue weighted by atomic mass is 10.0. The first-order valence-corrected chi connectivity index (χ1v) is 12.5. The van der Waals surface area contributed by atoms with Gasteiger partial charge in [-0.2, -0.15) is 0 Å². The minimum absolute atomic E-state index is 0.0367. The second kappa shape index (κ2) is 13.2. The molecule has 0 bridgehead atoms. The van der Waals surface area contributed by atoms with E-state index in [2.05, 4.69) is 6.58 Å².